The highest BCUT2D eigenvalue weighted by Crippen LogP contribution is 2.52. The summed E-state index contributed by atoms with van der Waals surface area (Å²) < 4.78 is 23.1. The van der Waals surface area contributed by atoms with Crippen molar-refractivity contribution in [3.05, 3.63) is 11.6 Å². The average molecular weight is 467 g/mol. The lowest BCUT2D eigenvalue weighted by Crippen LogP contribution is -2.44. The van der Waals surface area contributed by atoms with Gasteiger partial charge in [-0.15, -0.1) is 0 Å². The Labute approximate surface area is 196 Å². The Morgan fingerprint density at radius 3 is 2.18 bits per heavy atom. The molecule has 0 heterocycles. The van der Waals surface area contributed by atoms with Crippen LogP contribution in [0.1, 0.15) is 80.6 Å². The van der Waals surface area contributed by atoms with Crippen molar-refractivity contribution in [2.75, 3.05) is 0 Å². The standard InChI is InChI=1S/C25H38O8/c1-8-10-22(28)31-18-11-21(30-16(5)26)23-15(4)20(32-24(29)14(3)9-2)12-19(23)25(7,13-18)33-17(6)27/h9,15,18-21,23H,8,10-13H2,1-7H3/b14-9-/t15-,18+,19-,20-,21+,23+,25-/m0/s1. The lowest BCUT2D eigenvalue weighted by atomic mass is 9.77. The second-order valence-corrected chi connectivity index (χ2v) is 9.55. The van der Waals surface area contributed by atoms with Gasteiger partial charge in [0.2, 0.25) is 0 Å². The van der Waals surface area contributed by atoms with E-state index >= 15 is 0 Å². The zero-order valence-corrected chi connectivity index (χ0v) is 20.8. The van der Waals surface area contributed by atoms with Crippen LogP contribution in [0.15, 0.2) is 11.6 Å². The van der Waals surface area contributed by atoms with Crippen molar-refractivity contribution in [2.45, 2.75) is 104 Å². The van der Waals surface area contributed by atoms with E-state index in [1.54, 1.807) is 19.9 Å². The van der Waals surface area contributed by atoms with Crippen LogP contribution in [-0.2, 0) is 38.1 Å². The Morgan fingerprint density at radius 1 is 0.970 bits per heavy atom. The molecule has 0 aromatic rings. The van der Waals surface area contributed by atoms with E-state index in [2.05, 4.69) is 0 Å². The van der Waals surface area contributed by atoms with Crippen LogP contribution in [0.4, 0.5) is 0 Å². The lowest BCUT2D eigenvalue weighted by molar-refractivity contribution is -0.170. The van der Waals surface area contributed by atoms with Crippen LogP contribution < -0.4 is 0 Å². The monoisotopic (exact) mass is 466 g/mol. The molecule has 0 bridgehead atoms. The summed E-state index contributed by atoms with van der Waals surface area (Å²) in [5, 5.41) is 0. The number of carbonyl (C=O) groups excluding carboxylic acids is 4. The summed E-state index contributed by atoms with van der Waals surface area (Å²) in [7, 11) is 0. The topological polar surface area (TPSA) is 105 Å². The fraction of sp³-hybridized carbons (Fsp3) is 0.760. The van der Waals surface area contributed by atoms with Gasteiger partial charge in [-0.05, 0) is 39.5 Å². The molecule has 2 aliphatic carbocycles. The third-order valence-corrected chi connectivity index (χ3v) is 6.95. The second-order valence-electron chi connectivity index (χ2n) is 9.55. The largest absolute Gasteiger partial charge is 0.462 e. The Morgan fingerprint density at radius 2 is 1.64 bits per heavy atom. The first-order chi connectivity index (χ1) is 15.4. The van der Waals surface area contributed by atoms with Gasteiger partial charge in [0, 0.05) is 50.5 Å². The normalized spacial score (nSPS) is 34.0. The summed E-state index contributed by atoms with van der Waals surface area (Å²) in [5.41, 5.74) is -0.468. The van der Waals surface area contributed by atoms with E-state index in [1.807, 2.05) is 20.8 Å². The molecule has 2 saturated carbocycles. The zero-order valence-electron chi connectivity index (χ0n) is 20.8. The van der Waals surface area contributed by atoms with Crippen molar-refractivity contribution < 1.29 is 38.1 Å². The Hall–Kier alpha value is -2.38. The van der Waals surface area contributed by atoms with Crippen LogP contribution in [0, 0.1) is 17.8 Å². The molecule has 0 radical (unpaired) electrons. The van der Waals surface area contributed by atoms with Gasteiger partial charge in [-0.1, -0.05) is 19.9 Å². The van der Waals surface area contributed by atoms with Crippen LogP contribution in [0.2, 0.25) is 0 Å². The lowest BCUT2D eigenvalue weighted by Gasteiger charge is -2.38. The SMILES string of the molecule is C/C=C(/C)C(=O)O[C@H]1C[C@H]2[C@@H]([C@H]1C)[C@H](OC(C)=O)C[C@@H](OC(=O)CCC)C[C@]2(C)OC(C)=O. The minimum atomic E-state index is -0.979. The number of carbonyl (C=O) groups is 4. The Bertz CT molecular complexity index is 787. The van der Waals surface area contributed by atoms with Crippen molar-refractivity contribution >= 4 is 23.9 Å². The summed E-state index contributed by atoms with van der Waals surface area (Å²) >= 11 is 0. The van der Waals surface area contributed by atoms with E-state index in [-0.39, 0.29) is 36.6 Å². The van der Waals surface area contributed by atoms with E-state index in [1.165, 1.54) is 13.8 Å². The predicted molar refractivity (Wildman–Crippen MR) is 120 cm³/mol. The minimum Gasteiger partial charge on any atom is -0.462 e. The second kappa shape index (κ2) is 11.2. The van der Waals surface area contributed by atoms with Crippen molar-refractivity contribution in [2.24, 2.45) is 17.8 Å². The van der Waals surface area contributed by atoms with Crippen molar-refractivity contribution in [1.82, 2.24) is 0 Å². The molecule has 2 fully saturated rings. The maximum Gasteiger partial charge on any atom is 0.333 e. The molecular formula is C25H38O8. The summed E-state index contributed by atoms with van der Waals surface area (Å²) in [6.45, 7) is 11.8. The third kappa shape index (κ3) is 6.58. The van der Waals surface area contributed by atoms with E-state index in [4.69, 9.17) is 18.9 Å². The fourth-order valence-corrected chi connectivity index (χ4v) is 5.42. The van der Waals surface area contributed by atoms with Gasteiger partial charge in [-0.2, -0.15) is 0 Å². The predicted octanol–water partition coefficient (Wildman–Crippen LogP) is 3.90. The van der Waals surface area contributed by atoms with Crippen LogP contribution in [-0.4, -0.2) is 47.8 Å². The molecule has 0 aromatic heterocycles. The number of hydrogen-bond donors (Lipinski definition) is 0. The first-order valence-corrected chi connectivity index (χ1v) is 11.8. The van der Waals surface area contributed by atoms with Gasteiger partial charge in [0.1, 0.15) is 23.9 Å². The van der Waals surface area contributed by atoms with Crippen LogP contribution in [0.3, 0.4) is 0 Å². The highest BCUT2D eigenvalue weighted by atomic mass is 16.6. The van der Waals surface area contributed by atoms with Gasteiger partial charge in [-0.25, -0.2) is 4.79 Å². The quantitative estimate of drug-likeness (QED) is 0.316. The van der Waals surface area contributed by atoms with E-state index in [0.29, 0.717) is 24.8 Å². The molecule has 8 heteroatoms. The molecule has 0 amide bonds. The first kappa shape index (κ1) is 26.9. The molecule has 33 heavy (non-hydrogen) atoms. The van der Waals surface area contributed by atoms with Crippen molar-refractivity contribution in [3.63, 3.8) is 0 Å². The zero-order chi connectivity index (χ0) is 24.9. The van der Waals surface area contributed by atoms with Crippen LogP contribution >= 0.6 is 0 Å². The maximum absolute atomic E-state index is 12.5. The molecule has 186 valence electrons. The van der Waals surface area contributed by atoms with E-state index in [0.717, 1.165) is 0 Å². The number of hydrogen-bond acceptors (Lipinski definition) is 8. The number of fused-ring (bicyclic) bond motifs is 1. The van der Waals surface area contributed by atoms with E-state index < -0.39 is 41.8 Å². The highest BCUT2D eigenvalue weighted by molar-refractivity contribution is 5.87. The number of rotatable bonds is 7. The molecule has 2 aliphatic rings. The third-order valence-electron chi connectivity index (χ3n) is 6.95. The minimum absolute atomic E-state index is 0.159. The molecule has 0 saturated heterocycles. The van der Waals surface area contributed by atoms with Gasteiger partial charge in [0.25, 0.3) is 0 Å². The number of ether oxygens (including phenoxy) is 4. The summed E-state index contributed by atoms with van der Waals surface area (Å²) in [6, 6.07) is 0. The molecule has 0 aromatic carbocycles. The van der Waals surface area contributed by atoms with Gasteiger partial charge in [-0.3, -0.25) is 14.4 Å². The summed E-state index contributed by atoms with van der Waals surface area (Å²) in [6.07, 6.45) is 2.10. The summed E-state index contributed by atoms with van der Waals surface area (Å²) in [5.74, 6) is -2.26. The van der Waals surface area contributed by atoms with Gasteiger partial charge >= 0.3 is 23.9 Å². The van der Waals surface area contributed by atoms with E-state index in [9.17, 15) is 19.2 Å². The Balaban J connectivity index is 2.43. The Kier molecular flexibility index (Phi) is 9.09. The molecule has 8 nitrogen and oxygen atoms in total. The number of esters is 4. The van der Waals surface area contributed by atoms with Crippen molar-refractivity contribution in [1.29, 1.82) is 0 Å². The molecule has 7 atom stereocenters. The molecule has 0 spiro atoms. The maximum atomic E-state index is 12.5. The molecule has 0 aliphatic heterocycles. The van der Waals surface area contributed by atoms with Gasteiger partial charge < -0.3 is 18.9 Å². The first-order valence-electron chi connectivity index (χ1n) is 11.8. The van der Waals surface area contributed by atoms with Gasteiger partial charge in [0.15, 0.2) is 0 Å². The molecule has 0 N–H and O–H groups in total. The summed E-state index contributed by atoms with van der Waals surface area (Å²) in [4.78, 5) is 48.8. The fourth-order valence-electron chi connectivity index (χ4n) is 5.42. The van der Waals surface area contributed by atoms with Gasteiger partial charge in [0.05, 0.1) is 0 Å². The van der Waals surface area contributed by atoms with Crippen LogP contribution in [0.25, 0.3) is 0 Å². The van der Waals surface area contributed by atoms with Crippen molar-refractivity contribution in [3.8, 4) is 0 Å². The molecule has 0 unspecified atom stereocenters. The highest BCUT2D eigenvalue weighted by Gasteiger charge is 2.58. The molecular weight excluding hydrogens is 428 g/mol. The average Bonchev–Trinajstić information content (AvgIpc) is 2.97. The molecule has 2 rings (SSSR count). The van der Waals surface area contributed by atoms with Crippen LogP contribution in [0.5, 0.6) is 0 Å². The smallest absolute Gasteiger partial charge is 0.333 e. The number of allylic oxidation sites excluding steroid dienone is 1.